The van der Waals surface area contributed by atoms with Gasteiger partial charge < -0.3 is 15.7 Å². The molecular weight excluding hydrogens is 235 g/mol. The molecule has 0 radical (unpaired) electrons. The molecule has 1 aromatic carbocycles. The Hall–Kier alpha value is -1.33. The van der Waals surface area contributed by atoms with Crippen LogP contribution in [0.4, 0.5) is 4.39 Å². The summed E-state index contributed by atoms with van der Waals surface area (Å²) in [7, 11) is 0. The van der Waals surface area contributed by atoms with E-state index in [1.165, 1.54) is 12.1 Å². The van der Waals surface area contributed by atoms with E-state index < -0.39 is 5.82 Å². The number of nitrogens with two attached hydrogens (primary N) is 1. The van der Waals surface area contributed by atoms with Gasteiger partial charge in [-0.2, -0.15) is 0 Å². The van der Waals surface area contributed by atoms with Crippen LogP contribution in [0.25, 0.3) is 0 Å². The Balaban J connectivity index is 2.68. The van der Waals surface area contributed by atoms with Gasteiger partial charge in [0.05, 0.1) is 5.02 Å². The van der Waals surface area contributed by atoms with E-state index in [1.54, 1.807) is 0 Å². The Morgan fingerprint density at radius 2 is 2.31 bits per heavy atom. The molecule has 16 heavy (non-hydrogen) atoms. The fourth-order valence-electron chi connectivity index (χ4n) is 0.991. The number of amidine groups is 1. The first-order chi connectivity index (χ1) is 7.65. The van der Waals surface area contributed by atoms with E-state index in [0.29, 0.717) is 12.0 Å². The van der Waals surface area contributed by atoms with Gasteiger partial charge in [0.25, 0.3) is 0 Å². The highest BCUT2D eigenvalue weighted by atomic mass is 35.5. The third kappa shape index (κ3) is 3.67. The van der Waals surface area contributed by atoms with Crippen molar-refractivity contribution in [3.05, 3.63) is 34.6 Å². The van der Waals surface area contributed by atoms with Gasteiger partial charge in [-0.1, -0.05) is 16.8 Å². The van der Waals surface area contributed by atoms with E-state index in [0.717, 1.165) is 6.07 Å². The second-order valence-corrected chi connectivity index (χ2v) is 3.42. The van der Waals surface area contributed by atoms with Crippen LogP contribution in [0.2, 0.25) is 5.02 Å². The first-order valence-electron chi connectivity index (χ1n) is 4.67. The molecule has 0 spiro atoms. The molecule has 0 saturated heterocycles. The quantitative estimate of drug-likeness (QED) is 0.358. The number of aliphatic hydroxyl groups is 1. The predicted octanol–water partition coefficient (Wildman–Crippen LogP) is 1.50. The summed E-state index contributed by atoms with van der Waals surface area (Å²) in [6, 6.07) is 3.80. The summed E-state index contributed by atoms with van der Waals surface area (Å²) in [5.74, 6) is -0.370. The maximum Gasteiger partial charge on any atom is 0.171 e. The highest BCUT2D eigenvalue weighted by Gasteiger charge is 2.06. The summed E-state index contributed by atoms with van der Waals surface area (Å²) in [4.78, 5) is 4.83. The molecule has 0 aromatic heterocycles. The van der Waals surface area contributed by atoms with Crippen LogP contribution in [0.5, 0.6) is 0 Å². The van der Waals surface area contributed by atoms with Crippen LogP contribution in [0, 0.1) is 5.82 Å². The zero-order valence-corrected chi connectivity index (χ0v) is 9.25. The third-order valence-corrected chi connectivity index (χ3v) is 2.08. The normalized spacial score (nSPS) is 11.6. The fraction of sp³-hybridized carbons (Fsp3) is 0.300. The molecule has 88 valence electrons. The van der Waals surface area contributed by atoms with Crippen molar-refractivity contribution in [2.24, 2.45) is 10.9 Å². The summed E-state index contributed by atoms with van der Waals surface area (Å²) in [6.07, 6.45) is 0.466. The number of aliphatic hydroxyl groups excluding tert-OH is 1. The Morgan fingerprint density at radius 1 is 1.56 bits per heavy atom. The smallest absolute Gasteiger partial charge is 0.171 e. The Kier molecular flexibility index (Phi) is 5.01. The molecular formula is C10H12ClFN2O2. The van der Waals surface area contributed by atoms with Crippen LogP contribution in [-0.4, -0.2) is 24.2 Å². The lowest BCUT2D eigenvalue weighted by Crippen LogP contribution is -2.14. The number of hydrogen-bond acceptors (Lipinski definition) is 3. The average Bonchev–Trinajstić information content (AvgIpc) is 2.24. The number of halogens is 2. The number of hydrogen-bond donors (Lipinski definition) is 2. The Morgan fingerprint density at radius 3 is 2.94 bits per heavy atom. The summed E-state index contributed by atoms with van der Waals surface area (Å²) in [6.45, 7) is 0.280. The van der Waals surface area contributed by atoms with Crippen LogP contribution in [0.3, 0.4) is 0 Å². The van der Waals surface area contributed by atoms with Gasteiger partial charge in [0.15, 0.2) is 5.84 Å². The Bertz CT molecular complexity index is 385. The van der Waals surface area contributed by atoms with Crippen molar-refractivity contribution in [1.82, 2.24) is 0 Å². The zero-order chi connectivity index (χ0) is 12.0. The van der Waals surface area contributed by atoms with Crippen molar-refractivity contribution in [2.45, 2.75) is 6.42 Å². The van der Waals surface area contributed by atoms with E-state index in [2.05, 4.69) is 5.16 Å². The van der Waals surface area contributed by atoms with Crippen molar-refractivity contribution in [3.8, 4) is 0 Å². The minimum Gasteiger partial charge on any atom is -0.396 e. The first-order valence-corrected chi connectivity index (χ1v) is 5.04. The van der Waals surface area contributed by atoms with Gasteiger partial charge in [-0.3, -0.25) is 0 Å². The molecule has 0 saturated carbocycles. The topological polar surface area (TPSA) is 67.8 Å². The highest BCUT2D eigenvalue weighted by molar-refractivity contribution is 6.34. The summed E-state index contributed by atoms with van der Waals surface area (Å²) < 4.78 is 12.7. The monoisotopic (exact) mass is 246 g/mol. The molecule has 0 aliphatic heterocycles. The van der Waals surface area contributed by atoms with Gasteiger partial charge in [0.2, 0.25) is 0 Å². The Labute approximate surface area is 97.5 Å². The number of rotatable bonds is 5. The molecule has 1 aromatic rings. The molecule has 0 unspecified atom stereocenters. The molecule has 1 rings (SSSR count). The minimum absolute atomic E-state index is 0.0206. The van der Waals surface area contributed by atoms with Gasteiger partial charge in [-0.15, -0.1) is 0 Å². The van der Waals surface area contributed by atoms with Gasteiger partial charge in [-0.05, 0) is 18.2 Å². The molecule has 0 aliphatic carbocycles. The zero-order valence-electron chi connectivity index (χ0n) is 8.49. The molecule has 3 N–H and O–H groups in total. The van der Waals surface area contributed by atoms with Crippen molar-refractivity contribution in [2.75, 3.05) is 13.2 Å². The van der Waals surface area contributed by atoms with E-state index in [9.17, 15) is 4.39 Å². The lowest BCUT2D eigenvalue weighted by molar-refractivity contribution is 0.124. The van der Waals surface area contributed by atoms with Gasteiger partial charge in [0, 0.05) is 18.6 Å². The van der Waals surface area contributed by atoms with Gasteiger partial charge in [-0.25, -0.2) is 4.39 Å². The minimum atomic E-state index is -0.442. The average molecular weight is 247 g/mol. The largest absolute Gasteiger partial charge is 0.396 e. The second-order valence-electron chi connectivity index (χ2n) is 3.01. The summed E-state index contributed by atoms with van der Waals surface area (Å²) in [5.41, 5.74) is 5.99. The molecule has 0 fully saturated rings. The SMILES string of the molecule is N/C(=N/OCCCO)c1ccc(F)cc1Cl. The van der Waals surface area contributed by atoms with Crippen molar-refractivity contribution < 1.29 is 14.3 Å². The molecule has 0 bridgehead atoms. The molecule has 0 aliphatic rings. The van der Waals surface area contributed by atoms with Crippen molar-refractivity contribution in [3.63, 3.8) is 0 Å². The van der Waals surface area contributed by atoms with Crippen LogP contribution in [0.1, 0.15) is 12.0 Å². The van der Waals surface area contributed by atoms with E-state index in [4.69, 9.17) is 27.3 Å². The second kappa shape index (κ2) is 6.30. The lowest BCUT2D eigenvalue weighted by atomic mass is 10.2. The van der Waals surface area contributed by atoms with Crippen LogP contribution < -0.4 is 5.73 Å². The lowest BCUT2D eigenvalue weighted by Gasteiger charge is -2.03. The van der Waals surface area contributed by atoms with E-state index in [-0.39, 0.29) is 24.1 Å². The van der Waals surface area contributed by atoms with Crippen LogP contribution >= 0.6 is 11.6 Å². The van der Waals surface area contributed by atoms with E-state index >= 15 is 0 Å². The van der Waals surface area contributed by atoms with Crippen LogP contribution in [0.15, 0.2) is 23.4 Å². The number of benzene rings is 1. The summed E-state index contributed by atoms with van der Waals surface area (Å²) >= 11 is 5.77. The molecule has 0 atom stereocenters. The maximum atomic E-state index is 12.7. The van der Waals surface area contributed by atoms with Crippen molar-refractivity contribution >= 4 is 17.4 Å². The first kappa shape index (κ1) is 12.7. The number of oxime groups is 1. The predicted molar refractivity (Wildman–Crippen MR) is 59.8 cm³/mol. The fourth-order valence-corrected chi connectivity index (χ4v) is 1.25. The standard InChI is InChI=1S/C10H12ClFN2O2/c11-9-6-7(12)2-3-8(9)10(13)14-16-5-1-4-15/h2-3,6,15H,1,4-5H2,(H2,13,14). The highest BCUT2D eigenvalue weighted by Crippen LogP contribution is 2.16. The molecule has 4 nitrogen and oxygen atoms in total. The van der Waals surface area contributed by atoms with Gasteiger partial charge in [0.1, 0.15) is 12.4 Å². The molecule has 6 heteroatoms. The number of nitrogens with zero attached hydrogens (tertiary/aromatic N) is 1. The van der Waals surface area contributed by atoms with Crippen molar-refractivity contribution in [1.29, 1.82) is 0 Å². The van der Waals surface area contributed by atoms with Gasteiger partial charge >= 0.3 is 0 Å². The molecule has 0 heterocycles. The maximum absolute atomic E-state index is 12.7. The van der Waals surface area contributed by atoms with Crippen LogP contribution in [-0.2, 0) is 4.84 Å². The molecule has 0 amide bonds. The van der Waals surface area contributed by atoms with E-state index in [1.807, 2.05) is 0 Å². The third-order valence-electron chi connectivity index (χ3n) is 1.76. The summed E-state index contributed by atoms with van der Waals surface area (Å²) in [5, 5.41) is 12.3.